The third-order valence-corrected chi connectivity index (χ3v) is 3.56. The van der Waals surface area contributed by atoms with Crippen molar-refractivity contribution in [2.75, 3.05) is 20.6 Å². The molecular weight excluding hydrogens is 226 g/mol. The molecule has 4 heteroatoms. The van der Waals surface area contributed by atoms with Crippen LogP contribution in [0.2, 0.25) is 0 Å². The minimum Gasteiger partial charge on any atom is -0.322 e. The maximum absolute atomic E-state index is 12.5. The number of carbonyl (C=O) groups is 1. The Balaban J connectivity index is 2.80. The number of hydrogen-bond acceptors (Lipinski definition) is 3. The lowest BCUT2D eigenvalue weighted by Gasteiger charge is -2.32. The van der Waals surface area contributed by atoms with Gasteiger partial charge in [0.15, 0.2) is 0 Å². The first-order chi connectivity index (χ1) is 8.38. The van der Waals surface area contributed by atoms with E-state index in [4.69, 9.17) is 0 Å². The number of rotatable bonds is 6. The average Bonchev–Trinajstić information content (AvgIpc) is 2.55. The quantitative estimate of drug-likeness (QED) is 0.781. The second kappa shape index (κ2) is 6.53. The molecule has 0 radical (unpaired) electrons. The van der Waals surface area contributed by atoms with Crippen LogP contribution in [0.1, 0.15) is 40.5 Å². The largest absolute Gasteiger partial charge is 0.322 e. The van der Waals surface area contributed by atoms with Gasteiger partial charge in [-0.15, -0.1) is 0 Å². The number of likely N-dealkylation sites (N-methyl/N-ethyl adjacent to an activating group) is 1. The van der Waals surface area contributed by atoms with Crippen molar-refractivity contribution < 1.29 is 4.79 Å². The molecule has 106 valence electrons. The molecule has 1 heterocycles. The van der Waals surface area contributed by atoms with Crippen molar-refractivity contribution in [1.29, 1.82) is 0 Å². The molecule has 0 aliphatic carbocycles. The molecular formula is C14H29N3O. The molecule has 1 fully saturated rings. The van der Waals surface area contributed by atoms with Crippen LogP contribution >= 0.6 is 0 Å². The summed E-state index contributed by atoms with van der Waals surface area (Å²) in [7, 11) is 4.11. The fourth-order valence-corrected chi connectivity index (χ4v) is 2.79. The van der Waals surface area contributed by atoms with Crippen molar-refractivity contribution in [3.8, 4) is 0 Å². The van der Waals surface area contributed by atoms with E-state index in [9.17, 15) is 4.79 Å². The van der Waals surface area contributed by atoms with E-state index in [0.29, 0.717) is 5.92 Å². The van der Waals surface area contributed by atoms with Gasteiger partial charge in [-0.05, 0) is 33.4 Å². The van der Waals surface area contributed by atoms with Gasteiger partial charge in [-0.1, -0.05) is 27.2 Å². The van der Waals surface area contributed by atoms with Gasteiger partial charge in [0.2, 0.25) is 5.91 Å². The van der Waals surface area contributed by atoms with Crippen molar-refractivity contribution in [2.45, 2.75) is 58.8 Å². The highest BCUT2D eigenvalue weighted by Crippen LogP contribution is 2.22. The zero-order valence-electron chi connectivity index (χ0n) is 12.7. The molecule has 3 unspecified atom stereocenters. The second-order valence-corrected chi connectivity index (χ2v) is 6.05. The van der Waals surface area contributed by atoms with E-state index < -0.39 is 0 Å². The zero-order chi connectivity index (χ0) is 13.9. The van der Waals surface area contributed by atoms with Gasteiger partial charge in [0.1, 0.15) is 0 Å². The Kier molecular flexibility index (Phi) is 5.60. The molecule has 4 nitrogen and oxygen atoms in total. The zero-order valence-corrected chi connectivity index (χ0v) is 12.7. The van der Waals surface area contributed by atoms with Gasteiger partial charge in [0.25, 0.3) is 0 Å². The summed E-state index contributed by atoms with van der Waals surface area (Å²) in [6.45, 7) is 9.45. The van der Waals surface area contributed by atoms with E-state index in [1.165, 1.54) is 0 Å². The summed E-state index contributed by atoms with van der Waals surface area (Å²) in [4.78, 5) is 16.7. The Labute approximate surface area is 112 Å². The topological polar surface area (TPSA) is 35.6 Å². The van der Waals surface area contributed by atoms with E-state index in [2.05, 4.69) is 56.9 Å². The summed E-state index contributed by atoms with van der Waals surface area (Å²) in [6, 6.07) is 0.256. The summed E-state index contributed by atoms with van der Waals surface area (Å²) in [5, 5.41) is 3.50. The van der Waals surface area contributed by atoms with Crippen molar-refractivity contribution >= 4 is 5.91 Å². The van der Waals surface area contributed by atoms with Gasteiger partial charge in [-0.3, -0.25) is 10.1 Å². The van der Waals surface area contributed by atoms with Crippen molar-refractivity contribution in [3.05, 3.63) is 0 Å². The summed E-state index contributed by atoms with van der Waals surface area (Å²) in [6.07, 6.45) is 2.35. The first-order valence-electron chi connectivity index (χ1n) is 7.11. The lowest BCUT2D eigenvalue weighted by atomic mass is 10.0. The van der Waals surface area contributed by atoms with Crippen molar-refractivity contribution in [1.82, 2.24) is 15.1 Å². The number of hydrogen-bond donors (Lipinski definition) is 1. The molecule has 0 aromatic rings. The summed E-state index contributed by atoms with van der Waals surface area (Å²) >= 11 is 0. The van der Waals surface area contributed by atoms with Crippen LogP contribution in [0.3, 0.4) is 0 Å². The Morgan fingerprint density at radius 1 is 1.33 bits per heavy atom. The maximum atomic E-state index is 12.5. The van der Waals surface area contributed by atoms with Gasteiger partial charge < -0.3 is 9.80 Å². The maximum Gasteiger partial charge on any atom is 0.241 e. The second-order valence-electron chi connectivity index (χ2n) is 6.05. The Bertz CT molecular complexity index is 278. The fourth-order valence-electron chi connectivity index (χ4n) is 2.79. The van der Waals surface area contributed by atoms with Crippen LogP contribution in [-0.2, 0) is 4.79 Å². The number of nitrogens with one attached hydrogen (secondary N) is 1. The predicted octanol–water partition coefficient (Wildman–Crippen LogP) is 1.52. The average molecular weight is 255 g/mol. The van der Waals surface area contributed by atoms with Crippen LogP contribution in [0.25, 0.3) is 0 Å². The van der Waals surface area contributed by atoms with E-state index in [1.54, 1.807) is 0 Å². The molecule has 3 atom stereocenters. The Morgan fingerprint density at radius 2 is 1.94 bits per heavy atom. The molecule has 1 aliphatic heterocycles. The van der Waals surface area contributed by atoms with Crippen molar-refractivity contribution in [2.24, 2.45) is 5.92 Å². The summed E-state index contributed by atoms with van der Waals surface area (Å²) < 4.78 is 0. The monoisotopic (exact) mass is 255 g/mol. The lowest BCUT2D eigenvalue weighted by molar-refractivity contribution is -0.133. The fraction of sp³-hybridized carbons (Fsp3) is 0.929. The molecule has 1 rings (SSSR count). The van der Waals surface area contributed by atoms with Gasteiger partial charge in [0.05, 0.1) is 12.2 Å². The molecule has 0 aromatic heterocycles. The first-order valence-corrected chi connectivity index (χ1v) is 7.11. The molecule has 18 heavy (non-hydrogen) atoms. The summed E-state index contributed by atoms with van der Waals surface area (Å²) in [5.74, 6) is 0.631. The Morgan fingerprint density at radius 3 is 2.39 bits per heavy atom. The molecule has 1 N–H and O–H groups in total. The van der Waals surface area contributed by atoms with Crippen molar-refractivity contribution in [3.63, 3.8) is 0 Å². The predicted molar refractivity (Wildman–Crippen MR) is 75.3 cm³/mol. The van der Waals surface area contributed by atoms with E-state index in [1.807, 2.05) is 0 Å². The normalized spacial score (nSPS) is 26.4. The van der Waals surface area contributed by atoms with E-state index in [-0.39, 0.29) is 24.2 Å². The molecule has 0 aromatic carbocycles. The molecule has 1 saturated heterocycles. The standard InChI is InChI=1S/C14H29N3O/c1-7-8-12-15-13(10(2)3)14(18)17(12)11(4)9-16(5)6/h10-13,15H,7-9H2,1-6H3. The van der Waals surface area contributed by atoms with Crippen LogP contribution in [0.4, 0.5) is 0 Å². The van der Waals surface area contributed by atoms with Crippen LogP contribution in [0.5, 0.6) is 0 Å². The van der Waals surface area contributed by atoms with Crippen LogP contribution in [0, 0.1) is 5.92 Å². The number of nitrogens with zero attached hydrogens (tertiary/aromatic N) is 2. The molecule has 0 bridgehead atoms. The number of amides is 1. The molecule has 0 saturated carbocycles. The van der Waals surface area contributed by atoms with E-state index >= 15 is 0 Å². The highest BCUT2D eigenvalue weighted by molar-refractivity contribution is 5.84. The smallest absolute Gasteiger partial charge is 0.241 e. The lowest BCUT2D eigenvalue weighted by Crippen LogP contribution is -2.47. The van der Waals surface area contributed by atoms with Gasteiger partial charge in [-0.2, -0.15) is 0 Å². The van der Waals surface area contributed by atoms with Crippen LogP contribution < -0.4 is 5.32 Å². The van der Waals surface area contributed by atoms with Crippen LogP contribution in [0.15, 0.2) is 0 Å². The third-order valence-electron chi connectivity index (χ3n) is 3.56. The van der Waals surface area contributed by atoms with Gasteiger partial charge >= 0.3 is 0 Å². The molecule has 1 amide bonds. The minimum absolute atomic E-state index is 0.00818. The molecule has 0 spiro atoms. The SMILES string of the molecule is CCCC1NC(C(C)C)C(=O)N1C(C)CN(C)C. The number of carbonyl (C=O) groups excluding carboxylic acids is 1. The third kappa shape index (κ3) is 3.45. The minimum atomic E-state index is -0.00818. The van der Waals surface area contributed by atoms with Gasteiger partial charge in [0, 0.05) is 12.6 Å². The highest BCUT2D eigenvalue weighted by Gasteiger charge is 2.41. The van der Waals surface area contributed by atoms with Crippen LogP contribution in [-0.4, -0.2) is 54.6 Å². The first kappa shape index (κ1) is 15.4. The highest BCUT2D eigenvalue weighted by atomic mass is 16.2. The summed E-state index contributed by atoms with van der Waals surface area (Å²) in [5.41, 5.74) is 0. The van der Waals surface area contributed by atoms with Gasteiger partial charge in [-0.25, -0.2) is 0 Å². The Hall–Kier alpha value is -0.610. The molecule has 1 aliphatic rings. The van der Waals surface area contributed by atoms with E-state index in [0.717, 1.165) is 19.4 Å².